The number of rotatable bonds is 5. The van der Waals surface area contributed by atoms with Gasteiger partial charge in [-0.3, -0.25) is 9.59 Å². The predicted molar refractivity (Wildman–Crippen MR) is 82.0 cm³/mol. The van der Waals surface area contributed by atoms with E-state index in [9.17, 15) is 9.59 Å². The molecule has 0 aliphatic heterocycles. The van der Waals surface area contributed by atoms with E-state index in [-0.39, 0.29) is 28.2 Å². The van der Waals surface area contributed by atoms with Gasteiger partial charge in [-0.1, -0.05) is 55.9 Å². The first-order chi connectivity index (χ1) is 10.0. The summed E-state index contributed by atoms with van der Waals surface area (Å²) in [6.07, 6.45) is 0. The number of nitrogen functional groups attached to an aromatic ring is 1. The van der Waals surface area contributed by atoms with Gasteiger partial charge in [0.15, 0.2) is 5.78 Å². The topological polar surface area (TPSA) is 90.9 Å². The smallest absolute Gasteiger partial charge is 0.294 e. The van der Waals surface area contributed by atoms with Gasteiger partial charge in [-0.2, -0.15) is 4.68 Å². The van der Waals surface area contributed by atoms with Crippen molar-refractivity contribution < 1.29 is 4.79 Å². The molecule has 0 fully saturated rings. The SMILES string of the molecule is CC(C)c1nnc(SCC(=O)c2ccccc2)n(N)c1=O. The Morgan fingerprint density at radius 2 is 1.95 bits per heavy atom. The van der Waals surface area contributed by atoms with Crippen molar-refractivity contribution in [2.24, 2.45) is 0 Å². The molecule has 2 N–H and O–H groups in total. The van der Waals surface area contributed by atoms with Gasteiger partial charge in [-0.25, -0.2) is 0 Å². The average molecular weight is 304 g/mol. The third-order valence-electron chi connectivity index (χ3n) is 2.86. The van der Waals surface area contributed by atoms with Crippen LogP contribution in [0.1, 0.15) is 35.8 Å². The van der Waals surface area contributed by atoms with Gasteiger partial charge in [0.25, 0.3) is 5.56 Å². The molecular formula is C14H16N4O2S. The van der Waals surface area contributed by atoms with Crippen LogP contribution in [0.5, 0.6) is 0 Å². The summed E-state index contributed by atoms with van der Waals surface area (Å²) in [5.41, 5.74) is 0.550. The average Bonchev–Trinajstić information content (AvgIpc) is 2.49. The standard InChI is InChI=1S/C14H16N4O2S/c1-9(2)12-13(20)18(15)14(17-16-12)21-8-11(19)10-6-4-3-5-7-10/h3-7,9H,8,15H2,1-2H3. The van der Waals surface area contributed by atoms with Crippen LogP contribution >= 0.6 is 11.8 Å². The van der Waals surface area contributed by atoms with Crippen molar-refractivity contribution >= 4 is 17.5 Å². The summed E-state index contributed by atoms with van der Waals surface area (Å²) in [6, 6.07) is 8.93. The fraction of sp³-hybridized carbons (Fsp3) is 0.286. The molecule has 7 heteroatoms. The highest BCUT2D eigenvalue weighted by molar-refractivity contribution is 7.99. The number of thioether (sulfide) groups is 1. The monoisotopic (exact) mass is 304 g/mol. The third-order valence-corrected chi connectivity index (χ3v) is 3.81. The van der Waals surface area contributed by atoms with Gasteiger partial charge >= 0.3 is 0 Å². The second-order valence-corrected chi connectivity index (χ2v) is 5.72. The van der Waals surface area contributed by atoms with E-state index in [0.717, 1.165) is 16.4 Å². The van der Waals surface area contributed by atoms with Gasteiger partial charge in [0.05, 0.1) is 5.75 Å². The normalized spacial score (nSPS) is 10.8. The third kappa shape index (κ3) is 3.49. The van der Waals surface area contributed by atoms with Crippen molar-refractivity contribution in [2.45, 2.75) is 24.9 Å². The number of ketones is 1. The Kier molecular flexibility index (Phi) is 4.74. The lowest BCUT2D eigenvalue weighted by molar-refractivity contribution is 0.102. The summed E-state index contributed by atoms with van der Waals surface area (Å²) in [5.74, 6) is 5.76. The number of hydrogen-bond acceptors (Lipinski definition) is 6. The maximum absolute atomic E-state index is 12.0. The van der Waals surface area contributed by atoms with Crippen molar-refractivity contribution in [3.8, 4) is 0 Å². The van der Waals surface area contributed by atoms with Crippen LogP contribution in [0.3, 0.4) is 0 Å². The lowest BCUT2D eigenvalue weighted by Crippen LogP contribution is -2.34. The van der Waals surface area contributed by atoms with Gasteiger partial charge in [0, 0.05) is 11.5 Å². The molecule has 0 unspecified atom stereocenters. The van der Waals surface area contributed by atoms with Crippen molar-refractivity contribution in [3.63, 3.8) is 0 Å². The minimum Gasteiger partial charge on any atom is -0.334 e. The first-order valence-corrected chi connectivity index (χ1v) is 7.45. The van der Waals surface area contributed by atoms with Gasteiger partial charge in [0.2, 0.25) is 5.16 Å². The number of Topliss-reactive ketones (excluding diaryl/α,β-unsaturated/α-hetero) is 1. The summed E-state index contributed by atoms with van der Waals surface area (Å²) in [5, 5.41) is 8.05. The maximum atomic E-state index is 12.0. The minimum absolute atomic E-state index is 0.0511. The molecule has 0 atom stereocenters. The van der Waals surface area contributed by atoms with Crippen molar-refractivity contribution in [1.29, 1.82) is 0 Å². The molecule has 0 saturated carbocycles. The van der Waals surface area contributed by atoms with Crippen LogP contribution in [0.25, 0.3) is 0 Å². The summed E-state index contributed by atoms with van der Waals surface area (Å²) < 4.78 is 0.950. The molecule has 0 aliphatic rings. The lowest BCUT2D eigenvalue weighted by Gasteiger charge is -2.08. The predicted octanol–water partition coefficient (Wildman–Crippen LogP) is 1.45. The van der Waals surface area contributed by atoms with Crippen LogP contribution in [0.4, 0.5) is 0 Å². The zero-order chi connectivity index (χ0) is 15.4. The number of aromatic nitrogens is 3. The van der Waals surface area contributed by atoms with E-state index >= 15 is 0 Å². The number of hydrogen-bond donors (Lipinski definition) is 1. The second-order valence-electron chi connectivity index (χ2n) is 4.78. The summed E-state index contributed by atoms with van der Waals surface area (Å²) in [4.78, 5) is 24.0. The summed E-state index contributed by atoms with van der Waals surface area (Å²) in [7, 11) is 0. The van der Waals surface area contributed by atoms with E-state index in [1.54, 1.807) is 24.3 Å². The van der Waals surface area contributed by atoms with Gasteiger partial charge in [-0.15, -0.1) is 10.2 Å². The number of carbonyl (C=O) groups excluding carboxylic acids is 1. The lowest BCUT2D eigenvalue weighted by atomic mass is 10.1. The Balaban J connectivity index is 2.13. The molecule has 0 bridgehead atoms. The largest absolute Gasteiger partial charge is 0.334 e. The van der Waals surface area contributed by atoms with Gasteiger partial charge in [-0.05, 0) is 0 Å². The van der Waals surface area contributed by atoms with E-state index < -0.39 is 0 Å². The molecule has 1 aromatic carbocycles. The maximum Gasteiger partial charge on any atom is 0.294 e. The van der Waals surface area contributed by atoms with Crippen LogP contribution in [-0.4, -0.2) is 26.4 Å². The molecule has 21 heavy (non-hydrogen) atoms. The zero-order valence-corrected chi connectivity index (χ0v) is 12.6. The highest BCUT2D eigenvalue weighted by Crippen LogP contribution is 2.15. The molecule has 1 heterocycles. The van der Waals surface area contributed by atoms with E-state index in [0.29, 0.717) is 11.3 Å². The number of nitrogens with two attached hydrogens (primary N) is 1. The molecule has 2 aromatic rings. The molecule has 2 rings (SSSR count). The Hall–Kier alpha value is -2.15. The highest BCUT2D eigenvalue weighted by atomic mass is 32.2. The molecule has 1 aromatic heterocycles. The van der Waals surface area contributed by atoms with E-state index in [4.69, 9.17) is 5.84 Å². The van der Waals surface area contributed by atoms with E-state index in [1.807, 2.05) is 19.9 Å². The Bertz CT molecular complexity index is 698. The van der Waals surface area contributed by atoms with Gasteiger partial charge in [0.1, 0.15) is 5.69 Å². The van der Waals surface area contributed by atoms with Crippen LogP contribution < -0.4 is 11.4 Å². The quantitative estimate of drug-likeness (QED) is 0.511. The number of benzene rings is 1. The van der Waals surface area contributed by atoms with Crippen LogP contribution in [0.2, 0.25) is 0 Å². The van der Waals surface area contributed by atoms with Crippen molar-refractivity contribution in [2.75, 3.05) is 11.6 Å². The molecule has 110 valence electrons. The Labute approximate surface area is 126 Å². The molecule has 0 radical (unpaired) electrons. The fourth-order valence-electron chi connectivity index (χ4n) is 1.70. The summed E-state index contributed by atoms with van der Waals surface area (Å²) >= 11 is 1.10. The van der Waals surface area contributed by atoms with Crippen LogP contribution in [0.15, 0.2) is 40.3 Å². The first-order valence-electron chi connectivity index (χ1n) is 6.46. The Morgan fingerprint density at radius 3 is 2.57 bits per heavy atom. The molecule has 0 saturated heterocycles. The molecule has 6 nitrogen and oxygen atoms in total. The summed E-state index contributed by atoms with van der Waals surface area (Å²) in [6.45, 7) is 3.69. The van der Waals surface area contributed by atoms with Crippen LogP contribution in [-0.2, 0) is 0 Å². The van der Waals surface area contributed by atoms with E-state index in [2.05, 4.69) is 10.2 Å². The van der Waals surface area contributed by atoms with Gasteiger partial charge < -0.3 is 5.84 Å². The second kappa shape index (κ2) is 6.53. The zero-order valence-electron chi connectivity index (χ0n) is 11.8. The molecule has 0 amide bonds. The van der Waals surface area contributed by atoms with E-state index in [1.165, 1.54) is 0 Å². The number of nitrogens with zero attached hydrogens (tertiary/aromatic N) is 3. The Morgan fingerprint density at radius 1 is 1.29 bits per heavy atom. The molecular weight excluding hydrogens is 288 g/mol. The minimum atomic E-state index is -0.380. The number of carbonyl (C=O) groups is 1. The van der Waals surface area contributed by atoms with Crippen molar-refractivity contribution in [3.05, 3.63) is 51.9 Å². The van der Waals surface area contributed by atoms with Crippen LogP contribution in [0, 0.1) is 0 Å². The highest BCUT2D eigenvalue weighted by Gasteiger charge is 2.14. The molecule has 0 aliphatic carbocycles. The van der Waals surface area contributed by atoms with Crippen molar-refractivity contribution in [1.82, 2.24) is 14.9 Å². The molecule has 0 spiro atoms. The first kappa shape index (κ1) is 15.2. The fourth-order valence-corrected chi connectivity index (χ4v) is 2.44.